The fraction of sp³-hybridized carbons (Fsp3) is 0.378. The van der Waals surface area contributed by atoms with Crippen LogP contribution in [0.25, 0.3) is 0 Å². The summed E-state index contributed by atoms with van der Waals surface area (Å²) >= 11 is 0. The zero-order valence-electron chi connectivity index (χ0n) is 22.7. The molecule has 2 heteroatoms. The van der Waals surface area contributed by atoms with Gasteiger partial charge in [-0.3, -0.25) is 4.79 Å². The second kappa shape index (κ2) is 9.37. The molecule has 39 heavy (non-hydrogen) atoms. The molecule has 2 nitrogen and oxygen atoms in total. The third-order valence-electron chi connectivity index (χ3n) is 11.0. The van der Waals surface area contributed by atoms with Crippen molar-refractivity contribution in [3.8, 4) is 5.75 Å². The lowest BCUT2D eigenvalue weighted by Gasteiger charge is -2.67. The summed E-state index contributed by atoms with van der Waals surface area (Å²) in [6.45, 7) is 0. The standard InChI is InChI=1S/C37H38O2/c38-33(39-32-20-11-4-12-21-32)34(25-22-29-14-5-1-6-15-29)26-36(31-18-9-3-10-19-31)28-35(30-16-7-2-8-17-30)23-13-24-37(35,36)27-34/h1-12,14,16-21,29H,13,15,22-28H2. The van der Waals surface area contributed by atoms with E-state index in [1.807, 2.05) is 30.3 Å². The zero-order chi connectivity index (χ0) is 26.4. The SMILES string of the molecule is O=C(Oc1ccccc1)C1(CCC2C=CC=CC2)CC2(c3ccccc3)CC3(c4ccccc4)CCCC32C1. The van der Waals surface area contributed by atoms with Crippen molar-refractivity contribution in [3.63, 3.8) is 0 Å². The van der Waals surface area contributed by atoms with Crippen LogP contribution < -0.4 is 4.74 Å². The highest BCUT2D eigenvalue weighted by Crippen LogP contribution is 2.84. The second-order valence-corrected chi connectivity index (χ2v) is 12.7. The van der Waals surface area contributed by atoms with E-state index in [0.29, 0.717) is 11.7 Å². The summed E-state index contributed by atoms with van der Waals surface area (Å²) in [7, 11) is 0. The van der Waals surface area contributed by atoms with Crippen LogP contribution in [-0.4, -0.2) is 5.97 Å². The molecule has 0 aromatic heterocycles. The monoisotopic (exact) mass is 514 g/mol. The molecule has 0 bridgehead atoms. The number of carbonyl (C=O) groups is 1. The Hall–Kier alpha value is -3.39. The number of para-hydroxylation sites is 1. The van der Waals surface area contributed by atoms with Crippen molar-refractivity contribution >= 4 is 5.97 Å². The van der Waals surface area contributed by atoms with Crippen LogP contribution in [0.3, 0.4) is 0 Å². The Balaban J connectivity index is 1.33. The first-order valence-electron chi connectivity index (χ1n) is 14.8. The van der Waals surface area contributed by atoms with Crippen LogP contribution in [0, 0.1) is 16.7 Å². The van der Waals surface area contributed by atoms with Crippen molar-refractivity contribution in [3.05, 3.63) is 126 Å². The molecule has 1 spiro atoms. The largest absolute Gasteiger partial charge is 0.426 e. The first-order valence-corrected chi connectivity index (χ1v) is 14.8. The van der Waals surface area contributed by atoms with Gasteiger partial charge in [0.25, 0.3) is 0 Å². The molecule has 4 aliphatic carbocycles. The lowest BCUT2D eigenvalue weighted by molar-refractivity contribution is -0.147. The molecular formula is C37H38O2. The molecule has 5 atom stereocenters. The average molecular weight is 515 g/mol. The second-order valence-electron chi connectivity index (χ2n) is 12.7. The smallest absolute Gasteiger partial charge is 0.317 e. The van der Waals surface area contributed by atoms with E-state index in [1.165, 1.54) is 30.4 Å². The van der Waals surface area contributed by atoms with E-state index in [-0.39, 0.29) is 22.2 Å². The van der Waals surface area contributed by atoms with Gasteiger partial charge in [0, 0.05) is 10.8 Å². The third kappa shape index (κ3) is 3.64. The molecule has 5 unspecified atom stereocenters. The number of esters is 1. The minimum Gasteiger partial charge on any atom is -0.426 e. The van der Waals surface area contributed by atoms with Crippen LogP contribution >= 0.6 is 0 Å². The van der Waals surface area contributed by atoms with Gasteiger partial charge in [0.1, 0.15) is 5.75 Å². The Morgan fingerprint density at radius 1 is 0.744 bits per heavy atom. The first-order chi connectivity index (χ1) is 19.1. The molecule has 3 saturated carbocycles. The predicted octanol–water partition coefficient (Wildman–Crippen LogP) is 8.73. The van der Waals surface area contributed by atoms with Gasteiger partial charge in [0.05, 0.1) is 5.41 Å². The fourth-order valence-electron chi connectivity index (χ4n) is 9.53. The van der Waals surface area contributed by atoms with Gasteiger partial charge in [0.15, 0.2) is 0 Å². The molecule has 0 aliphatic heterocycles. The lowest BCUT2D eigenvalue weighted by Crippen LogP contribution is -2.65. The summed E-state index contributed by atoms with van der Waals surface area (Å²) in [5, 5.41) is 0. The van der Waals surface area contributed by atoms with E-state index in [0.717, 1.165) is 38.5 Å². The molecule has 7 rings (SSSR count). The van der Waals surface area contributed by atoms with E-state index in [4.69, 9.17) is 4.74 Å². The summed E-state index contributed by atoms with van der Waals surface area (Å²) in [6.07, 6.45) is 18.4. The molecule has 0 N–H and O–H groups in total. The highest BCUT2D eigenvalue weighted by Gasteiger charge is 2.81. The van der Waals surface area contributed by atoms with Crippen LogP contribution in [0.2, 0.25) is 0 Å². The van der Waals surface area contributed by atoms with E-state index in [1.54, 1.807) is 0 Å². The number of rotatable bonds is 7. The molecule has 3 aromatic rings. The molecular weight excluding hydrogens is 476 g/mol. The summed E-state index contributed by atoms with van der Waals surface area (Å²) in [5.74, 6) is 1.13. The maximum absolute atomic E-state index is 14.5. The van der Waals surface area contributed by atoms with Gasteiger partial charge >= 0.3 is 5.97 Å². The minimum absolute atomic E-state index is 0.00137. The summed E-state index contributed by atoms with van der Waals surface area (Å²) in [5.41, 5.74) is 2.60. The van der Waals surface area contributed by atoms with E-state index >= 15 is 0 Å². The van der Waals surface area contributed by atoms with Gasteiger partial charge < -0.3 is 4.74 Å². The van der Waals surface area contributed by atoms with Gasteiger partial charge in [0.2, 0.25) is 0 Å². The summed E-state index contributed by atoms with van der Waals surface area (Å²) in [6, 6.07) is 32.1. The fourth-order valence-corrected chi connectivity index (χ4v) is 9.53. The van der Waals surface area contributed by atoms with Gasteiger partial charge in [-0.2, -0.15) is 0 Å². The van der Waals surface area contributed by atoms with Gasteiger partial charge in [-0.05, 0) is 86.0 Å². The van der Waals surface area contributed by atoms with Gasteiger partial charge in [-0.15, -0.1) is 0 Å². The predicted molar refractivity (Wildman–Crippen MR) is 157 cm³/mol. The van der Waals surface area contributed by atoms with Crippen LogP contribution in [0.1, 0.15) is 68.9 Å². The number of ether oxygens (including phenoxy) is 1. The third-order valence-corrected chi connectivity index (χ3v) is 11.0. The van der Waals surface area contributed by atoms with Crippen molar-refractivity contribution in [2.24, 2.45) is 16.7 Å². The van der Waals surface area contributed by atoms with Gasteiger partial charge in [-0.1, -0.05) is 110 Å². The van der Waals surface area contributed by atoms with Crippen molar-refractivity contribution in [1.29, 1.82) is 0 Å². The number of hydrogen-bond acceptors (Lipinski definition) is 2. The molecule has 3 aromatic carbocycles. The van der Waals surface area contributed by atoms with E-state index < -0.39 is 5.41 Å². The highest BCUT2D eigenvalue weighted by atomic mass is 16.5. The van der Waals surface area contributed by atoms with Crippen LogP contribution in [0.4, 0.5) is 0 Å². The Kier molecular flexibility index (Phi) is 5.92. The highest BCUT2D eigenvalue weighted by molar-refractivity contribution is 5.81. The molecule has 0 amide bonds. The lowest BCUT2D eigenvalue weighted by atomic mass is 9.36. The summed E-state index contributed by atoms with van der Waals surface area (Å²) < 4.78 is 6.26. The Labute approximate surface area is 232 Å². The van der Waals surface area contributed by atoms with Crippen molar-refractivity contribution in [2.45, 2.75) is 68.6 Å². The Morgan fingerprint density at radius 3 is 2.08 bits per heavy atom. The number of allylic oxidation sites excluding steroid dienone is 4. The minimum atomic E-state index is -0.498. The molecule has 3 fully saturated rings. The first kappa shape index (κ1) is 24.6. The van der Waals surface area contributed by atoms with E-state index in [2.05, 4.69) is 85.0 Å². The van der Waals surface area contributed by atoms with Crippen LogP contribution in [0.5, 0.6) is 5.75 Å². The van der Waals surface area contributed by atoms with Crippen LogP contribution in [0.15, 0.2) is 115 Å². The van der Waals surface area contributed by atoms with Crippen molar-refractivity contribution < 1.29 is 9.53 Å². The quantitative estimate of drug-likeness (QED) is 0.233. The number of hydrogen-bond donors (Lipinski definition) is 0. The number of benzene rings is 3. The van der Waals surface area contributed by atoms with Crippen LogP contribution in [-0.2, 0) is 15.6 Å². The maximum Gasteiger partial charge on any atom is 0.317 e. The van der Waals surface area contributed by atoms with Crippen molar-refractivity contribution in [1.82, 2.24) is 0 Å². The van der Waals surface area contributed by atoms with E-state index in [9.17, 15) is 4.79 Å². The van der Waals surface area contributed by atoms with Crippen molar-refractivity contribution in [2.75, 3.05) is 0 Å². The van der Waals surface area contributed by atoms with Gasteiger partial charge in [-0.25, -0.2) is 0 Å². The maximum atomic E-state index is 14.5. The molecule has 0 radical (unpaired) electrons. The normalized spacial score (nSPS) is 34.2. The Morgan fingerprint density at radius 2 is 1.41 bits per heavy atom. The topological polar surface area (TPSA) is 26.3 Å². The molecule has 0 saturated heterocycles. The average Bonchev–Trinajstić information content (AvgIpc) is 3.42. The molecule has 0 heterocycles. The Bertz CT molecular complexity index is 1390. The zero-order valence-corrected chi connectivity index (χ0v) is 22.7. The number of carbonyl (C=O) groups excluding carboxylic acids is 1. The summed E-state index contributed by atoms with van der Waals surface area (Å²) in [4.78, 5) is 14.5. The molecule has 198 valence electrons. The molecule has 4 aliphatic rings.